The molecule has 1 aromatic heterocycles. The quantitative estimate of drug-likeness (QED) is 0.455. The number of esters is 2. The van der Waals surface area contributed by atoms with Crippen LogP contribution in [0, 0.1) is 0 Å². The Morgan fingerprint density at radius 3 is 2.45 bits per heavy atom. The largest absolute Gasteiger partial charge is 0.462 e. The minimum atomic E-state index is -1.04. The fraction of sp³-hybridized carbons (Fsp3) is 0.208. The molecule has 3 aromatic rings. The summed E-state index contributed by atoms with van der Waals surface area (Å²) in [6, 6.07) is 15.9. The van der Waals surface area contributed by atoms with Gasteiger partial charge in [0.15, 0.2) is 6.61 Å². The standard InChI is InChI=1S/C24H23NO6S2/c1-3-30-24(28)21-19(17-9-5-4-6-10-17)14-32-22(21)25-20(26)13-31-23(27)18-11-7-8-16(12-18)15-33(2)29/h4-12,14H,3,13,15H2,1-2H3,(H,25,26). The van der Waals surface area contributed by atoms with Gasteiger partial charge in [0.2, 0.25) is 0 Å². The van der Waals surface area contributed by atoms with Crippen LogP contribution in [0.3, 0.4) is 0 Å². The molecule has 9 heteroatoms. The Bertz CT molecular complexity index is 1170. The average molecular weight is 486 g/mol. The summed E-state index contributed by atoms with van der Waals surface area (Å²) in [4.78, 5) is 37.4. The summed E-state index contributed by atoms with van der Waals surface area (Å²) >= 11 is 1.19. The van der Waals surface area contributed by atoms with Crippen LogP contribution in [-0.2, 0) is 30.8 Å². The van der Waals surface area contributed by atoms with Crippen LogP contribution in [0.2, 0.25) is 0 Å². The van der Waals surface area contributed by atoms with Crippen molar-refractivity contribution in [1.82, 2.24) is 0 Å². The summed E-state index contributed by atoms with van der Waals surface area (Å²) in [5.74, 6) is -1.48. The maximum Gasteiger partial charge on any atom is 0.341 e. The number of anilines is 1. The zero-order valence-electron chi connectivity index (χ0n) is 18.2. The molecular formula is C24H23NO6S2. The van der Waals surface area contributed by atoms with Crippen molar-refractivity contribution in [3.8, 4) is 11.1 Å². The van der Waals surface area contributed by atoms with Crippen LogP contribution in [0.5, 0.6) is 0 Å². The smallest absolute Gasteiger partial charge is 0.341 e. The van der Waals surface area contributed by atoms with Crippen LogP contribution in [0.4, 0.5) is 5.00 Å². The molecule has 0 bridgehead atoms. The van der Waals surface area contributed by atoms with E-state index < -0.39 is 35.3 Å². The summed E-state index contributed by atoms with van der Waals surface area (Å²) in [6.45, 7) is 1.37. The Morgan fingerprint density at radius 2 is 1.76 bits per heavy atom. The highest BCUT2D eigenvalue weighted by atomic mass is 32.2. The maximum atomic E-state index is 12.6. The van der Waals surface area contributed by atoms with E-state index in [1.165, 1.54) is 11.3 Å². The van der Waals surface area contributed by atoms with Crippen molar-refractivity contribution in [3.05, 3.63) is 76.7 Å². The summed E-state index contributed by atoms with van der Waals surface area (Å²) in [5.41, 5.74) is 2.72. The topological polar surface area (TPSA) is 98.8 Å². The van der Waals surface area contributed by atoms with E-state index in [1.54, 1.807) is 42.8 Å². The summed E-state index contributed by atoms with van der Waals surface area (Å²) in [7, 11) is -1.04. The molecule has 0 saturated carbocycles. The van der Waals surface area contributed by atoms with Gasteiger partial charge in [-0.3, -0.25) is 9.00 Å². The number of carbonyl (C=O) groups is 3. The number of thiophene rings is 1. The van der Waals surface area contributed by atoms with E-state index in [4.69, 9.17) is 9.47 Å². The van der Waals surface area contributed by atoms with Gasteiger partial charge in [0.1, 0.15) is 10.6 Å². The predicted octanol–water partition coefficient (Wildman–Crippen LogP) is 4.27. The zero-order valence-corrected chi connectivity index (χ0v) is 19.8. The van der Waals surface area contributed by atoms with Crippen LogP contribution in [0.25, 0.3) is 11.1 Å². The van der Waals surface area contributed by atoms with Gasteiger partial charge in [-0.05, 0) is 30.2 Å². The van der Waals surface area contributed by atoms with Crippen molar-refractivity contribution in [3.63, 3.8) is 0 Å². The molecule has 3 rings (SSSR count). The number of hydrogen-bond acceptors (Lipinski definition) is 7. The number of ether oxygens (including phenoxy) is 2. The van der Waals surface area contributed by atoms with Gasteiger partial charge < -0.3 is 14.8 Å². The summed E-state index contributed by atoms with van der Waals surface area (Å²) in [6.07, 6.45) is 1.58. The van der Waals surface area contributed by atoms with Crippen molar-refractivity contribution >= 4 is 45.0 Å². The third kappa shape index (κ3) is 6.59. The monoisotopic (exact) mass is 485 g/mol. The second-order valence-electron chi connectivity index (χ2n) is 6.98. The second kappa shape index (κ2) is 11.5. The molecule has 1 unspecified atom stereocenters. The molecule has 0 fully saturated rings. The number of benzene rings is 2. The Labute approximate surface area is 198 Å². The van der Waals surface area contributed by atoms with Crippen LogP contribution in [0.15, 0.2) is 60.0 Å². The Kier molecular flexibility index (Phi) is 8.51. The first-order valence-electron chi connectivity index (χ1n) is 10.1. The maximum absolute atomic E-state index is 12.6. The van der Waals surface area contributed by atoms with Gasteiger partial charge in [-0.1, -0.05) is 42.5 Å². The van der Waals surface area contributed by atoms with E-state index in [0.29, 0.717) is 16.3 Å². The Balaban J connectivity index is 1.70. The van der Waals surface area contributed by atoms with Crippen LogP contribution in [-0.4, -0.2) is 41.5 Å². The van der Waals surface area contributed by atoms with Crippen LogP contribution < -0.4 is 5.32 Å². The minimum absolute atomic E-state index is 0.193. The molecule has 1 heterocycles. The first-order chi connectivity index (χ1) is 15.9. The molecule has 2 aromatic carbocycles. The number of rotatable bonds is 9. The molecular weight excluding hydrogens is 462 g/mol. The molecule has 33 heavy (non-hydrogen) atoms. The number of hydrogen-bond donors (Lipinski definition) is 1. The lowest BCUT2D eigenvalue weighted by atomic mass is 10.0. The first kappa shape index (κ1) is 24.3. The normalized spacial score (nSPS) is 11.5. The van der Waals surface area contributed by atoms with Gasteiger partial charge in [-0.25, -0.2) is 9.59 Å². The Morgan fingerprint density at radius 1 is 1.00 bits per heavy atom. The SMILES string of the molecule is CCOC(=O)c1c(-c2ccccc2)csc1NC(=O)COC(=O)c1cccc(CS(C)=O)c1. The fourth-order valence-corrected chi connectivity index (χ4v) is 4.71. The van der Waals surface area contributed by atoms with Crippen LogP contribution >= 0.6 is 11.3 Å². The molecule has 1 N–H and O–H groups in total. The lowest BCUT2D eigenvalue weighted by Crippen LogP contribution is -2.21. The highest BCUT2D eigenvalue weighted by molar-refractivity contribution is 7.83. The minimum Gasteiger partial charge on any atom is -0.462 e. The molecule has 0 saturated heterocycles. The molecule has 0 radical (unpaired) electrons. The van der Waals surface area contributed by atoms with Crippen molar-refractivity contribution < 1.29 is 28.1 Å². The number of nitrogens with one attached hydrogen (secondary N) is 1. The van der Waals surface area contributed by atoms with Crippen LogP contribution in [0.1, 0.15) is 33.2 Å². The van der Waals surface area contributed by atoms with E-state index in [1.807, 2.05) is 30.3 Å². The fourth-order valence-electron chi connectivity index (χ4n) is 3.09. The van der Waals surface area contributed by atoms with E-state index in [9.17, 15) is 18.6 Å². The molecule has 0 aliphatic heterocycles. The van der Waals surface area contributed by atoms with E-state index in [-0.39, 0.29) is 17.7 Å². The Hall–Kier alpha value is -3.30. The van der Waals surface area contributed by atoms with Gasteiger partial charge in [-0.15, -0.1) is 11.3 Å². The third-order valence-electron chi connectivity index (χ3n) is 4.48. The predicted molar refractivity (Wildman–Crippen MR) is 129 cm³/mol. The third-order valence-corrected chi connectivity index (χ3v) is 6.11. The second-order valence-corrected chi connectivity index (χ2v) is 9.30. The van der Waals surface area contributed by atoms with Crippen molar-refractivity contribution in [1.29, 1.82) is 0 Å². The zero-order chi connectivity index (χ0) is 23.8. The molecule has 1 atom stereocenters. The lowest BCUT2D eigenvalue weighted by Gasteiger charge is -2.09. The van der Waals surface area contributed by atoms with Gasteiger partial charge in [0.05, 0.1) is 12.2 Å². The van der Waals surface area contributed by atoms with Gasteiger partial charge in [0.25, 0.3) is 5.91 Å². The highest BCUT2D eigenvalue weighted by Gasteiger charge is 2.23. The molecule has 0 aliphatic carbocycles. The summed E-state index contributed by atoms with van der Waals surface area (Å²) < 4.78 is 21.7. The van der Waals surface area contributed by atoms with E-state index in [0.717, 1.165) is 11.1 Å². The van der Waals surface area contributed by atoms with E-state index in [2.05, 4.69) is 5.32 Å². The van der Waals surface area contributed by atoms with Gasteiger partial charge in [-0.2, -0.15) is 0 Å². The number of amides is 1. The van der Waals surface area contributed by atoms with E-state index >= 15 is 0 Å². The van der Waals surface area contributed by atoms with Crippen molar-refractivity contribution in [2.45, 2.75) is 12.7 Å². The average Bonchev–Trinajstić information content (AvgIpc) is 3.21. The highest BCUT2D eigenvalue weighted by Crippen LogP contribution is 2.36. The van der Waals surface area contributed by atoms with Gasteiger partial charge in [0, 0.05) is 33.8 Å². The lowest BCUT2D eigenvalue weighted by molar-refractivity contribution is -0.119. The van der Waals surface area contributed by atoms with Crippen molar-refractivity contribution in [2.75, 3.05) is 24.8 Å². The van der Waals surface area contributed by atoms with Gasteiger partial charge >= 0.3 is 11.9 Å². The molecule has 7 nitrogen and oxygen atoms in total. The molecule has 0 spiro atoms. The van der Waals surface area contributed by atoms with Crippen molar-refractivity contribution in [2.24, 2.45) is 0 Å². The molecule has 1 amide bonds. The summed E-state index contributed by atoms with van der Waals surface area (Å²) in [5, 5.41) is 4.74. The first-order valence-corrected chi connectivity index (χ1v) is 12.7. The molecule has 0 aliphatic rings. The number of carbonyl (C=O) groups excluding carboxylic acids is 3. The molecule has 172 valence electrons.